The highest BCUT2D eigenvalue weighted by Gasteiger charge is 2.61. The Labute approximate surface area is 129 Å². The fourth-order valence-corrected chi connectivity index (χ4v) is 4.70. The number of hydrogen-bond acceptors (Lipinski definition) is 2. The number of para-hydroxylation sites is 1. The van der Waals surface area contributed by atoms with E-state index in [1.807, 2.05) is 32.2 Å². The Bertz CT molecular complexity index is 847. The molecule has 3 heteroatoms. The molecule has 2 aliphatic carbocycles. The van der Waals surface area contributed by atoms with Crippen molar-refractivity contribution < 1.29 is 9.21 Å². The Balaban J connectivity index is 1.91. The first-order chi connectivity index (χ1) is 10.6. The summed E-state index contributed by atoms with van der Waals surface area (Å²) in [4.78, 5) is 15.1. The van der Waals surface area contributed by atoms with Gasteiger partial charge in [0.05, 0.1) is 0 Å². The summed E-state index contributed by atoms with van der Waals surface area (Å²) in [6.45, 7) is 1.97. The molecule has 2 heterocycles. The quantitative estimate of drug-likeness (QED) is 0.696. The van der Waals surface area contributed by atoms with Gasteiger partial charge in [0.1, 0.15) is 16.9 Å². The van der Waals surface area contributed by atoms with Gasteiger partial charge >= 0.3 is 0 Å². The molecule has 1 amide bonds. The van der Waals surface area contributed by atoms with E-state index in [4.69, 9.17) is 4.42 Å². The van der Waals surface area contributed by atoms with Crippen LogP contribution in [0.4, 0.5) is 5.69 Å². The Morgan fingerprint density at radius 1 is 1.27 bits per heavy atom. The number of carbonyl (C=O) groups is 1. The molecule has 3 atom stereocenters. The summed E-state index contributed by atoms with van der Waals surface area (Å²) in [5, 5.41) is 0. The predicted octanol–water partition coefficient (Wildman–Crippen LogP) is 3.52. The molecule has 110 valence electrons. The first-order valence-electron chi connectivity index (χ1n) is 7.81. The Hall–Kier alpha value is -2.29. The van der Waals surface area contributed by atoms with E-state index in [0.29, 0.717) is 5.92 Å². The molecule has 1 aliphatic heterocycles. The first kappa shape index (κ1) is 12.3. The van der Waals surface area contributed by atoms with Crippen LogP contribution in [0.1, 0.15) is 35.0 Å². The average molecular weight is 291 g/mol. The van der Waals surface area contributed by atoms with Crippen LogP contribution in [0.15, 0.2) is 46.9 Å². The SMILES string of the molecule is Cc1cc2c(o1)[C@@]1(C(=O)N(C)c3ccccc31)[C@@H]1C=C[C@H]2C1. The van der Waals surface area contributed by atoms with E-state index in [-0.39, 0.29) is 11.8 Å². The van der Waals surface area contributed by atoms with Gasteiger partial charge in [0.15, 0.2) is 0 Å². The van der Waals surface area contributed by atoms with Crippen LogP contribution in [0, 0.1) is 12.8 Å². The predicted molar refractivity (Wildman–Crippen MR) is 84.1 cm³/mol. The zero-order valence-corrected chi connectivity index (χ0v) is 12.7. The maximum absolute atomic E-state index is 13.3. The van der Waals surface area contributed by atoms with E-state index < -0.39 is 5.41 Å². The fourth-order valence-electron chi connectivity index (χ4n) is 4.70. The van der Waals surface area contributed by atoms with Crippen molar-refractivity contribution in [2.75, 3.05) is 11.9 Å². The van der Waals surface area contributed by atoms with Gasteiger partial charge in [-0.3, -0.25) is 4.79 Å². The lowest BCUT2D eigenvalue weighted by molar-refractivity contribution is -0.123. The standard InChI is InChI=1S/C19H17NO2/c1-11-9-14-12-7-8-13(10-12)19(17(14)22-11)15-5-3-4-6-16(15)20(2)18(19)21/h3-9,12-13H,10H2,1-2H3/t12-,13+,19+/m0/s1. The van der Waals surface area contributed by atoms with Crippen molar-refractivity contribution in [2.45, 2.75) is 24.7 Å². The van der Waals surface area contributed by atoms with E-state index in [2.05, 4.69) is 24.3 Å². The molecule has 22 heavy (non-hydrogen) atoms. The summed E-state index contributed by atoms with van der Waals surface area (Å²) >= 11 is 0. The van der Waals surface area contributed by atoms with Gasteiger partial charge in [-0.05, 0) is 31.0 Å². The summed E-state index contributed by atoms with van der Waals surface area (Å²) in [6, 6.07) is 10.2. The number of likely N-dealkylation sites (N-methyl/N-ethyl adjacent to an activating group) is 1. The number of furan rings is 1. The van der Waals surface area contributed by atoms with Crippen molar-refractivity contribution in [3.05, 3.63) is 65.1 Å². The largest absolute Gasteiger partial charge is 0.465 e. The van der Waals surface area contributed by atoms with Gasteiger partial charge in [0.25, 0.3) is 0 Å². The summed E-state index contributed by atoms with van der Waals surface area (Å²) in [6.07, 6.45) is 5.48. The number of benzene rings is 1. The highest BCUT2D eigenvalue weighted by molar-refractivity contribution is 6.10. The van der Waals surface area contributed by atoms with Crippen molar-refractivity contribution in [3.63, 3.8) is 0 Å². The lowest BCUT2D eigenvalue weighted by atomic mass is 9.63. The highest BCUT2D eigenvalue weighted by Crippen LogP contribution is 2.60. The maximum atomic E-state index is 13.3. The minimum atomic E-state index is -0.668. The van der Waals surface area contributed by atoms with Crippen molar-refractivity contribution in [1.82, 2.24) is 0 Å². The topological polar surface area (TPSA) is 33.5 Å². The summed E-state index contributed by atoms with van der Waals surface area (Å²) in [5.74, 6) is 2.49. The lowest BCUT2D eigenvalue weighted by Gasteiger charge is -2.36. The minimum Gasteiger partial charge on any atom is -0.465 e. The second-order valence-corrected chi connectivity index (χ2v) is 6.66. The molecule has 3 aliphatic rings. The Morgan fingerprint density at radius 2 is 2.09 bits per heavy atom. The summed E-state index contributed by atoms with van der Waals surface area (Å²) in [5.41, 5.74) is 2.62. The average Bonchev–Trinajstić information content (AvgIpc) is 3.17. The molecule has 0 N–H and O–H groups in total. The number of anilines is 1. The number of hydrogen-bond donors (Lipinski definition) is 0. The fraction of sp³-hybridized carbons (Fsp3) is 0.316. The van der Waals surface area contributed by atoms with Crippen LogP contribution in [0.5, 0.6) is 0 Å². The molecule has 0 radical (unpaired) electrons. The van der Waals surface area contributed by atoms with E-state index in [0.717, 1.165) is 29.2 Å². The number of aryl methyl sites for hydroxylation is 1. The molecule has 1 aromatic heterocycles. The van der Waals surface area contributed by atoms with Crippen LogP contribution < -0.4 is 4.90 Å². The van der Waals surface area contributed by atoms with Crippen molar-refractivity contribution >= 4 is 11.6 Å². The number of rotatable bonds is 0. The van der Waals surface area contributed by atoms with Gasteiger partial charge in [-0.25, -0.2) is 0 Å². The van der Waals surface area contributed by atoms with Gasteiger partial charge in [0.2, 0.25) is 5.91 Å². The van der Waals surface area contributed by atoms with Crippen molar-refractivity contribution in [1.29, 1.82) is 0 Å². The molecule has 2 bridgehead atoms. The van der Waals surface area contributed by atoms with Crippen LogP contribution in [-0.2, 0) is 10.2 Å². The minimum absolute atomic E-state index is 0.138. The highest BCUT2D eigenvalue weighted by atomic mass is 16.3. The molecule has 3 nitrogen and oxygen atoms in total. The van der Waals surface area contributed by atoms with E-state index in [1.165, 1.54) is 5.56 Å². The third-order valence-corrected chi connectivity index (χ3v) is 5.61. The van der Waals surface area contributed by atoms with Gasteiger partial charge in [-0.15, -0.1) is 0 Å². The molecule has 1 aromatic carbocycles. The molecule has 0 fully saturated rings. The molecule has 0 saturated heterocycles. The van der Waals surface area contributed by atoms with Crippen LogP contribution in [0.2, 0.25) is 0 Å². The van der Waals surface area contributed by atoms with Crippen molar-refractivity contribution in [3.8, 4) is 0 Å². The first-order valence-corrected chi connectivity index (χ1v) is 7.81. The zero-order valence-electron chi connectivity index (χ0n) is 12.7. The monoisotopic (exact) mass is 291 g/mol. The number of allylic oxidation sites excluding steroid dienone is 2. The molecular formula is C19H17NO2. The van der Waals surface area contributed by atoms with E-state index in [9.17, 15) is 4.79 Å². The molecule has 2 aromatic rings. The van der Waals surface area contributed by atoms with Crippen LogP contribution in [0.3, 0.4) is 0 Å². The smallest absolute Gasteiger partial charge is 0.245 e. The third kappa shape index (κ3) is 1.15. The number of amides is 1. The molecule has 5 rings (SSSR count). The zero-order chi connectivity index (χ0) is 15.1. The molecule has 1 spiro atoms. The number of carbonyl (C=O) groups excluding carboxylic acids is 1. The number of fused-ring (bicyclic) bond motifs is 8. The molecule has 0 saturated carbocycles. The van der Waals surface area contributed by atoms with E-state index in [1.54, 1.807) is 4.90 Å². The maximum Gasteiger partial charge on any atom is 0.245 e. The van der Waals surface area contributed by atoms with Crippen LogP contribution in [0.25, 0.3) is 0 Å². The van der Waals surface area contributed by atoms with Crippen molar-refractivity contribution in [2.24, 2.45) is 5.92 Å². The summed E-state index contributed by atoms with van der Waals surface area (Å²) < 4.78 is 6.11. The van der Waals surface area contributed by atoms with Crippen LogP contribution in [-0.4, -0.2) is 13.0 Å². The normalized spacial score (nSPS) is 31.0. The second kappa shape index (κ2) is 3.72. The number of nitrogens with zero attached hydrogens (tertiary/aromatic N) is 1. The molecule has 0 unspecified atom stereocenters. The summed E-state index contributed by atoms with van der Waals surface area (Å²) in [7, 11) is 1.87. The second-order valence-electron chi connectivity index (χ2n) is 6.66. The van der Waals surface area contributed by atoms with Crippen LogP contribution >= 0.6 is 0 Å². The Kier molecular flexibility index (Phi) is 2.08. The van der Waals surface area contributed by atoms with E-state index >= 15 is 0 Å². The Morgan fingerprint density at radius 3 is 2.95 bits per heavy atom. The molecular weight excluding hydrogens is 274 g/mol. The van der Waals surface area contributed by atoms with Gasteiger partial charge < -0.3 is 9.32 Å². The van der Waals surface area contributed by atoms with Gasteiger partial charge in [-0.1, -0.05) is 30.4 Å². The van der Waals surface area contributed by atoms with Gasteiger partial charge in [0, 0.05) is 30.1 Å². The third-order valence-electron chi connectivity index (χ3n) is 5.61. The lowest BCUT2D eigenvalue weighted by Crippen LogP contribution is -2.46. The van der Waals surface area contributed by atoms with Gasteiger partial charge in [-0.2, -0.15) is 0 Å².